The van der Waals surface area contributed by atoms with Crippen molar-refractivity contribution < 1.29 is 9.59 Å². The molecule has 1 saturated heterocycles. The van der Waals surface area contributed by atoms with E-state index in [1.54, 1.807) is 0 Å². The highest BCUT2D eigenvalue weighted by molar-refractivity contribution is 5.86. The van der Waals surface area contributed by atoms with Crippen LogP contribution in [0.2, 0.25) is 0 Å². The van der Waals surface area contributed by atoms with Gasteiger partial charge in [-0.25, -0.2) is 0 Å². The Morgan fingerprint density at radius 1 is 1.29 bits per heavy atom. The van der Waals surface area contributed by atoms with Gasteiger partial charge in [0.2, 0.25) is 5.91 Å². The van der Waals surface area contributed by atoms with E-state index in [2.05, 4.69) is 0 Å². The van der Waals surface area contributed by atoms with Crippen molar-refractivity contribution in [3.05, 3.63) is 0 Å². The third-order valence-electron chi connectivity index (χ3n) is 4.28. The fraction of sp³-hybridized carbons (Fsp3) is 0.857. The summed E-state index contributed by atoms with van der Waals surface area (Å²) in [6, 6.07) is 0. The number of ketones is 1. The van der Waals surface area contributed by atoms with Gasteiger partial charge in [0.15, 0.2) is 0 Å². The molecule has 2 aliphatic rings. The number of amides is 1. The van der Waals surface area contributed by atoms with Crippen molar-refractivity contribution in [1.29, 1.82) is 0 Å². The van der Waals surface area contributed by atoms with Crippen molar-refractivity contribution in [2.75, 3.05) is 13.1 Å². The van der Waals surface area contributed by atoms with E-state index >= 15 is 0 Å². The average Bonchev–Trinajstić information content (AvgIpc) is 2.39. The minimum absolute atomic E-state index is 0.0938. The van der Waals surface area contributed by atoms with E-state index < -0.39 is 0 Å². The number of carbonyl (C=O) groups is 2. The second-order valence-electron chi connectivity index (χ2n) is 5.44. The molecule has 0 radical (unpaired) electrons. The van der Waals surface area contributed by atoms with Crippen LogP contribution in [0.4, 0.5) is 0 Å². The average molecular weight is 237 g/mol. The van der Waals surface area contributed by atoms with Gasteiger partial charge >= 0.3 is 0 Å². The molecule has 1 amide bonds. The second kappa shape index (κ2) is 5.65. The summed E-state index contributed by atoms with van der Waals surface area (Å²) in [6.07, 6.45) is 7.21. The van der Waals surface area contributed by atoms with E-state index in [-0.39, 0.29) is 11.8 Å². The molecule has 0 aromatic carbocycles. The summed E-state index contributed by atoms with van der Waals surface area (Å²) in [7, 11) is 0. The smallest absolute Gasteiger partial charge is 0.225 e. The Balaban J connectivity index is 1.92. The van der Waals surface area contributed by atoms with Crippen LogP contribution in [0.25, 0.3) is 0 Å². The van der Waals surface area contributed by atoms with Crippen LogP contribution in [-0.2, 0) is 9.59 Å². The van der Waals surface area contributed by atoms with Crippen molar-refractivity contribution in [3.63, 3.8) is 0 Å². The zero-order chi connectivity index (χ0) is 12.3. The minimum atomic E-state index is 0.0938. The van der Waals surface area contributed by atoms with Crippen LogP contribution >= 0.6 is 0 Å². The summed E-state index contributed by atoms with van der Waals surface area (Å²) in [5, 5.41) is 0. The van der Waals surface area contributed by atoms with Crippen LogP contribution in [0.3, 0.4) is 0 Å². The molecular weight excluding hydrogens is 214 g/mol. The Morgan fingerprint density at radius 2 is 2.00 bits per heavy atom. The summed E-state index contributed by atoms with van der Waals surface area (Å²) >= 11 is 0. The van der Waals surface area contributed by atoms with Crippen LogP contribution in [0, 0.1) is 11.8 Å². The first-order valence-electron chi connectivity index (χ1n) is 7.04. The highest BCUT2D eigenvalue weighted by atomic mass is 16.2. The molecule has 1 saturated carbocycles. The monoisotopic (exact) mass is 237 g/mol. The van der Waals surface area contributed by atoms with Crippen molar-refractivity contribution in [2.24, 2.45) is 11.8 Å². The van der Waals surface area contributed by atoms with Gasteiger partial charge in [-0.2, -0.15) is 0 Å². The Kier molecular flexibility index (Phi) is 4.19. The van der Waals surface area contributed by atoms with Gasteiger partial charge in [0, 0.05) is 31.3 Å². The molecule has 0 aromatic heterocycles. The fourth-order valence-corrected chi connectivity index (χ4v) is 3.07. The number of rotatable bonds is 2. The number of carbonyl (C=O) groups excluding carboxylic acids is 2. The SMILES string of the molecule is CCC1CN(C(=O)C2CCCCC2)CCC1=O. The van der Waals surface area contributed by atoms with Crippen LogP contribution in [0.1, 0.15) is 51.9 Å². The topological polar surface area (TPSA) is 37.4 Å². The quantitative estimate of drug-likeness (QED) is 0.739. The number of nitrogens with zero attached hydrogens (tertiary/aromatic N) is 1. The summed E-state index contributed by atoms with van der Waals surface area (Å²) in [4.78, 5) is 25.9. The first-order valence-corrected chi connectivity index (χ1v) is 7.04. The van der Waals surface area contributed by atoms with Crippen molar-refractivity contribution >= 4 is 11.7 Å². The van der Waals surface area contributed by atoms with Crippen molar-refractivity contribution in [1.82, 2.24) is 4.90 Å². The summed E-state index contributed by atoms with van der Waals surface area (Å²) in [5.74, 6) is 1.00. The van der Waals surface area contributed by atoms with E-state index in [1.807, 2.05) is 11.8 Å². The Hall–Kier alpha value is -0.860. The van der Waals surface area contributed by atoms with Gasteiger partial charge in [0.25, 0.3) is 0 Å². The molecule has 1 aliphatic carbocycles. The van der Waals surface area contributed by atoms with E-state index in [1.165, 1.54) is 19.3 Å². The van der Waals surface area contributed by atoms with Crippen LogP contribution in [0.15, 0.2) is 0 Å². The first kappa shape index (κ1) is 12.6. The van der Waals surface area contributed by atoms with E-state index in [4.69, 9.17) is 0 Å². The zero-order valence-electron chi connectivity index (χ0n) is 10.8. The van der Waals surface area contributed by atoms with Crippen LogP contribution < -0.4 is 0 Å². The van der Waals surface area contributed by atoms with E-state index in [9.17, 15) is 9.59 Å². The lowest BCUT2D eigenvalue weighted by Crippen LogP contribution is -2.46. The summed E-state index contributed by atoms with van der Waals surface area (Å²) in [5.41, 5.74) is 0. The number of Topliss-reactive ketones (excluding diaryl/α,β-unsaturated/α-hetero) is 1. The molecule has 17 heavy (non-hydrogen) atoms. The number of likely N-dealkylation sites (tertiary alicyclic amines) is 1. The Morgan fingerprint density at radius 3 is 2.65 bits per heavy atom. The molecule has 1 unspecified atom stereocenters. The van der Waals surface area contributed by atoms with Gasteiger partial charge in [0.05, 0.1) is 0 Å². The molecule has 0 bridgehead atoms. The lowest BCUT2D eigenvalue weighted by molar-refractivity contribution is -0.141. The molecule has 3 nitrogen and oxygen atoms in total. The predicted molar refractivity (Wildman–Crippen MR) is 66.6 cm³/mol. The maximum atomic E-state index is 12.3. The molecule has 1 atom stereocenters. The zero-order valence-corrected chi connectivity index (χ0v) is 10.8. The van der Waals surface area contributed by atoms with Crippen LogP contribution in [-0.4, -0.2) is 29.7 Å². The van der Waals surface area contributed by atoms with E-state index in [0.29, 0.717) is 31.2 Å². The molecule has 3 heteroatoms. The predicted octanol–water partition coefficient (Wildman–Crippen LogP) is 2.39. The van der Waals surface area contributed by atoms with Gasteiger partial charge in [-0.1, -0.05) is 26.2 Å². The highest BCUT2D eigenvalue weighted by Crippen LogP contribution is 2.27. The molecule has 0 spiro atoms. The van der Waals surface area contributed by atoms with Crippen molar-refractivity contribution in [2.45, 2.75) is 51.9 Å². The minimum Gasteiger partial charge on any atom is -0.341 e. The maximum Gasteiger partial charge on any atom is 0.225 e. The van der Waals surface area contributed by atoms with Gasteiger partial charge < -0.3 is 4.90 Å². The third kappa shape index (κ3) is 2.88. The second-order valence-corrected chi connectivity index (χ2v) is 5.44. The van der Waals surface area contributed by atoms with Crippen molar-refractivity contribution in [3.8, 4) is 0 Å². The van der Waals surface area contributed by atoms with E-state index in [0.717, 1.165) is 19.3 Å². The molecule has 96 valence electrons. The molecule has 1 heterocycles. The molecule has 1 aliphatic heterocycles. The lowest BCUT2D eigenvalue weighted by Gasteiger charge is -2.34. The maximum absolute atomic E-state index is 12.3. The third-order valence-corrected chi connectivity index (χ3v) is 4.28. The first-order chi connectivity index (χ1) is 8.22. The molecule has 2 fully saturated rings. The number of hydrogen-bond donors (Lipinski definition) is 0. The molecule has 0 N–H and O–H groups in total. The Labute approximate surface area is 104 Å². The highest BCUT2D eigenvalue weighted by Gasteiger charge is 2.32. The lowest BCUT2D eigenvalue weighted by atomic mass is 9.86. The number of piperidine rings is 1. The van der Waals surface area contributed by atoms with Crippen LogP contribution in [0.5, 0.6) is 0 Å². The molecule has 2 rings (SSSR count). The summed E-state index contributed by atoms with van der Waals surface area (Å²) in [6.45, 7) is 3.37. The van der Waals surface area contributed by atoms with Gasteiger partial charge in [-0.05, 0) is 19.3 Å². The largest absolute Gasteiger partial charge is 0.341 e. The number of hydrogen-bond acceptors (Lipinski definition) is 2. The molecule has 0 aromatic rings. The normalized spacial score (nSPS) is 27.2. The van der Waals surface area contributed by atoms with Gasteiger partial charge in [-0.15, -0.1) is 0 Å². The van der Waals surface area contributed by atoms with Gasteiger partial charge in [0.1, 0.15) is 5.78 Å². The van der Waals surface area contributed by atoms with Gasteiger partial charge in [-0.3, -0.25) is 9.59 Å². The Bertz CT molecular complexity index is 295. The molecular formula is C14H23NO2. The fourth-order valence-electron chi connectivity index (χ4n) is 3.07. The standard InChI is InChI=1S/C14H23NO2/c1-2-11-10-15(9-8-13(11)16)14(17)12-6-4-3-5-7-12/h11-12H,2-10H2,1H3. The summed E-state index contributed by atoms with van der Waals surface area (Å²) < 4.78 is 0.